The zero-order valence-corrected chi connectivity index (χ0v) is 13.0. The van der Waals surface area contributed by atoms with Crippen molar-refractivity contribution in [2.75, 3.05) is 25.1 Å². The van der Waals surface area contributed by atoms with Crippen molar-refractivity contribution in [2.45, 2.75) is 33.0 Å². The summed E-state index contributed by atoms with van der Waals surface area (Å²) in [5, 5.41) is 1.06. The summed E-state index contributed by atoms with van der Waals surface area (Å²) in [5.41, 5.74) is 1.91. The summed E-state index contributed by atoms with van der Waals surface area (Å²) in [7, 11) is 1.67. The van der Waals surface area contributed by atoms with Gasteiger partial charge in [0.25, 0.3) is 0 Å². The van der Waals surface area contributed by atoms with Crippen LogP contribution >= 0.6 is 0 Å². The Morgan fingerprint density at radius 3 is 2.57 bits per heavy atom. The van der Waals surface area contributed by atoms with Gasteiger partial charge in [-0.1, -0.05) is 0 Å². The molecule has 5 nitrogen and oxygen atoms in total. The molecule has 1 saturated heterocycles. The molecule has 0 radical (unpaired) electrons. The van der Waals surface area contributed by atoms with Crippen LogP contribution in [0, 0.1) is 6.92 Å². The first-order valence-electron chi connectivity index (χ1n) is 7.29. The summed E-state index contributed by atoms with van der Waals surface area (Å²) < 4.78 is 11.1. The first-order valence-corrected chi connectivity index (χ1v) is 7.29. The van der Waals surface area contributed by atoms with Crippen LogP contribution < -0.4 is 9.64 Å². The summed E-state index contributed by atoms with van der Waals surface area (Å²) in [6, 6.07) is 5.91. The molecule has 2 aromatic rings. The van der Waals surface area contributed by atoms with Crippen LogP contribution in [0.3, 0.4) is 0 Å². The van der Waals surface area contributed by atoms with Gasteiger partial charge in [-0.2, -0.15) is 0 Å². The van der Waals surface area contributed by atoms with E-state index in [1.54, 1.807) is 7.11 Å². The van der Waals surface area contributed by atoms with Gasteiger partial charge < -0.3 is 14.4 Å². The maximum atomic E-state index is 5.77. The van der Waals surface area contributed by atoms with Crippen LogP contribution in [-0.4, -0.2) is 42.4 Å². The zero-order valence-electron chi connectivity index (χ0n) is 13.0. The SMILES string of the molecule is COc1ccc2c(C)nc(N3C[C@@H](C)O[C@@H](C)C3)nc2c1. The summed E-state index contributed by atoms with van der Waals surface area (Å²) in [6.45, 7) is 7.82. The molecule has 2 heterocycles. The van der Waals surface area contributed by atoms with E-state index in [9.17, 15) is 0 Å². The van der Waals surface area contributed by atoms with E-state index < -0.39 is 0 Å². The minimum atomic E-state index is 0.193. The highest BCUT2D eigenvalue weighted by atomic mass is 16.5. The first-order chi connectivity index (χ1) is 10.1. The topological polar surface area (TPSA) is 47.5 Å². The summed E-state index contributed by atoms with van der Waals surface area (Å²) >= 11 is 0. The van der Waals surface area contributed by atoms with E-state index in [4.69, 9.17) is 14.5 Å². The van der Waals surface area contributed by atoms with Crippen molar-refractivity contribution < 1.29 is 9.47 Å². The van der Waals surface area contributed by atoms with E-state index in [2.05, 4.69) is 23.7 Å². The smallest absolute Gasteiger partial charge is 0.226 e. The van der Waals surface area contributed by atoms with Gasteiger partial charge in [-0.3, -0.25) is 0 Å². The minimum Gasteiger partial charge on any atom is -0.497 e. The summed E-state index contributed by atoms with van der Waals surface area (Å²) in [5.74, 6) is 1.59. The molecule has 21 heavy (non-hydrogen) atoms. The Hall–Kier alpha value is -1.88. The summed E-state index contributed by atoms with van der Waals surface area (Å²) in [4.78, 5) is 11.6. The number of hydrogen-bond acceptors (Lipinski definition) is 5. The number of benzene rings is 1. The third kappa shape index (κ3) is 2.78. The molecule has 0 N–H and O–H groups in total. The Balaban J connectivity index is 2.02. The molecule has 0 aliphatic carbocycles. The van der Waals surface area contributed by atoms with Gasteiger partial charge >= 0.3 is 0 Å². The standard InChI is InChI=1S/C16H21N3O2/c1-10-8-19(9-11(2)21-10)16-17-12(3)14-6-5-13(20-4)7-15(14)18-16/h5-7,10-11H,8-9H2,1-4H3/t10-,11+. The minimum absolute atomic E-state index is 0.193. The van der Waals surface area contributed by atoms with Gasteiger partial charge in [-0.15, -0.1) is 0 Å². The van der Waals surface area contributed by atoms with Crippen LogP contribution in [-0.2, 0) is 4.74 Å². The second-order valence-electron chi connectivity index (χ2n) is 5.65. The number of morpholine rings is 1. The van der Waals surface area contributed by atoms with Crippen LogP contribution in [0.15, 0.2) is 18.2 Å². The van der Waals surface area contributed by atoms with Crippen molar-refractivity contribution in [2.24, 2.45) is 0 Å². The molecule has 1 aromatic carbocycles. The quantitative estimate of drug-likeness (QED) is 0.849. The molecule has 1 fully saturated rings. The van der Waals surface area contributed by atoms with E-state index >= 15 is 0 Å². The van der Waals surface area contributed by atoms with E-state index in [-0.39, 0.29) is 12.2 Å². The number of rotatable bonds is 2. The average molecular weight is 287 g/mol. The van der Waals surface area contributed by atoms with Gasteiger partial charge in [0.1, 0.15) is 5.75 Å². The number of aryl methyl sites for hydroxylation is 1. The molecular formula is C16H21N3O2. The van der Waals surface area contributed by atoms with Crippen LogP contribution in [0.4, 0.5) is 5.95 Å². The maximum Gasteiger partial charge on any atom is 0.226 e. The molecule has 5 heteroatoms. The zero-order chi connectivity index (χ0) is 15.0. The number of aromatic nitrogens is 2. The van der Waals surface area contributed by atoms with Gasteiger partial charge in [-0.25, -0.2) is 9.97 Å². The maximum absolute atomic E-state index is 5.77. The Morgan fingerprint density at radius 2 is 1.90 bits per heavy atom. The van der Waals surface area contributed by atoms with Gasteiger partial charge in [0.2, 0.25) is 5.95 Å². The normalized spacial score (nSPS) is 22.6. The molecule has 0 bridgehead atoms. The third-order valence-corrected chi connectivity index (χ3v) is 3.79. The van der Waals surface area contributed by atoms with Crippen molar-refractivity contribution >= 4 is 16.9 Å². The lowest BCUT2D eigenvalue weighted by molar-refractivity contribution is -0.00571. The second-order valence-corrected chi connectivity index (χ2v) is 5.65. The molecule has 0 spiro atoms. The van der Waals surface area contributed by atoms with Gasteiger partial charge in [0, 0.05) is 24.5 Å². The number of methoxy groups -OCH3 is 1. The van der Waals surface area contributed by atoms with Crippen molar-refractivity contribution in [3.05, 3.63) is 23.9 Å². The molecule has 0 unspecified atom stereocenters. The Bertz CT molecular complexity index is 649. The Labute approximate surface area is 124 Å². The highest BCUT2D eigenvalue weighted by Crippen LogP contribution is 2.25. The molecule has 112 valence electrons. The molecule has 1 aromatic heterocycles. The highest BCUT2D eigenvalue weighted by molar-refractivity contribution is 5.83. The fraction of sp³-hybridized carbons (Fsp3) is 0.500. The molecule has 3 rings (SSSR count). The van der Waals surface area contributed by atoms with Crippen LogP contribution in [0.2, 0.25) is 0 Å². The molecular weight excluding hydrogens is 266 g/mol. The molecule has 2 atom stereocenters. The molecule has 1 aliphatic heterocycles. The Morgan fingerprint density at radius 1 is 1.19 bits per heavy atom. The lowest BCUT2D eigenvalue weighted by Gasteiger charge is -2.35. The van der Waals surface area contributed by atoms with Crippen molar-refractivity contribution in [3.63, 3.8) is 0 Å². The van der Waals surface area contributed by atoms with E-state index in [0.717, 1.165) is 41.4 Å². The van der Waals surface area contributed by atoms with Crippen molar-refractivity contribution in [3.8, 4) is 5.75 Å². The number of nitrogens with zero attached hydrogens (tertiary/aromatic N) is 3. The van der Waals surface area contributed by atoms with E-state index in [0.29, 0.717) is 0 Å². The lowest BCUT2D eigenvalue weighted by atomic mass is 10.2. The fourth-order valence-electron chi connectivity index (χ4n) is 2.86. The van der Waals surface area contributed by atoms with Gasteiger partial charge in [0.15, 0.2) is 0 Å². The number of ether oxygens (including phenoxy) is 2. The average Bonchev–Trinajstić information content (AvgIpc) is 2.45. The number of hydrogen-bond donors (Lipinski definition) is 0. The highest BCUT2D eigenvalue weighted by Gasteiger charge is 2.24. The van der Waals surface area contributed by atoms with Crippen LogP contribution in [0.25, 0.3) is 10.9 Å². The van der Waals surface area contributed by atoms with E-state index in [1.807, 2.05) is 25.1 Å². The Kier molecular flexibility index (Phi) is 3.68. The second kappa shape index (κ2) is 5.48. The predicted octanol–water partition coefficient (Wildman–Crippen LogP) is 2.56. The molecule has 0 saturated carbocycles. The fourth-order valence-corrected chi connectivity index (χ4v) is 2.86. The molecule has 1 aliphatic rings. The van der Waals surface area contributed by atoms with Crippen LogP contribution in [0.1, 0.15) is 19.5 Å². The predicted molar refractivity (Wildman–Crippen MR) is 83.0 cm³/mol. The van der Waals surface area contributed by atoms with Crippen molar-refractivity contribution in [1.29, 1.82) is 0 Å². The largest absolute Gasteiger partial charge is 0.497 e. The van der Waals surface area contributed by atoms with E-state index in [1.165, 1.54) is 0 Å². The first kappa shape index (κ1) is 14.1. The lowest BCUT2D eigenvalue weighted by Crippen LogP contribution is -2.46. The monoisotopic (exact) mass is 287 g/mol. The van der Waals surface area contributed by atoms with Crippen LogP contribution in [0.5, 0.6) is 5.75 Å². The number of fused-ring (bicyclic) bond motifs is 1. The third-order valence-electron chi connectivity index (χ3n) is 3.79. The number of anilines is 1. The van der Waals surface area contributed by atoms with Gasteiger partial charge in [0.05, 0.1) is 30.5 Å². The van der Waals surface area contributed by atoms with Gasteiger partial charge in [-0.05, 0) is 32.9 Å². The molecule has 0 amide bonds. The van der Waals surface area contributed by atoms with Crippen molar-refractivity contribution in [1.82, 2.24) is 9.97 Å². The summed E-state index contributed by atoms with van der Waals surface area (Å²) in [6.07, 6.45) is 0.386.